The number of nitrogens with zero attached hydrogens (tertiary/aromatic N) is 2. The van der Waals surface area contributed by atoms with Gasteiger partial charge in [0.15, 0.2) is 0 Å². The van der Waals surface area contributed by atoms with Gasteiger partial charge in [0.2, 0.25) is 5.91 Å². The van der Waals surface area contributed by atoms with Crippen LogP contribution in [0.15, 0.2) is 24.3 Å². The summed E-state index contributed by atoms with van der Waals surface area (Å²) in [6.07, 6.45) is 3.42. The molecule has 116 valence electrons. The maximum atomic E-state index is 12.8. The van der Waals surface area contributed by atoms with Crippen molar-refractivity contribution < 1.29 is 4.79 Å². The van der Waals surface area contributed by atoms with Crippen LogP contribution in [0.1, 0.15) is 44.2 Å². The maximum Gasteiger partial charge on any atom is 0.230 e. The van der Waals surface area contributed by atoms with Crippen molar-refractivity contribution in [3.05, 3.63) is 35.4 Å². The van der Waals surface area contributed by atoms with Crippen LogP contribution >= 0.6 is 0 Å². The van der Waals surface area contributed by atoms with E-state index in [9.17, 15) is 4.79 Å². The Balaban J connectivity index is 1.71. The minimum atomic E-state index is -0.628. The Morgan fingerprint density at radius 3 is 2.68 bits per heavy atom. The summed E-state index contributed by atoms with van der Waals surface area (Å²) in [6, 6.07) is 9.49. The molecular weight excluding hydrogens is 274 g/mol. The summed E-state index contributed by atoms with van der Waals surface area (Å²) in [6.45, 7) is 7.15. The zero-order valence-electron chi connectivity index (χ0n) is 13.4. The van der Waals surface area contributed by atoms with Crippen molar-refractivity contribution in [2.45, 2.75) is 44.1 Å². The van der Waals surface area contributed by atoms with Crippen molar-refractivity contribution in [1.29, 1.82) is 5.26 Å². The molecule has 22 heavy (non-hydrogen) atoms. The molecule has 1 aromatic rings. The van der Waals surface area contributed by atoms with E-state index in [0.717, 1.165) is 38.0 Å². The predicted molar refractivity (Wildman–Crippen MR) is 85.3 cm³/mol. The topological polar surface area (TPSA) is 56.1 Å². The molecule has 1 aromatic carbocycles. The van der Waals surface area contributed by atoms with Crippen LogP contribution in [-0.2, 0) is 10.2 Å². The lowest BCUT2D eigenvalue weighted by molar-refractivity contribution is -0.126. The number of benzene rings is 1. The van der Waals surface area contributed by atoms with Gasteiger partial charge in [-0.05, 0) is 63.9 Å². The van der Waals surface area contributed by atoms with Crippen LogP contribution in [0.25, 0.3) is 0 Å². The molecule has 1 amide bonds. The molecule has 2 fully saturated rings. The molecule has 3 rings (SSSR count). The quantitative estimate of drug-likeness (QED) is 0.906. The first-order valence-electron chi connectivity index (χ1n) is 8.01. The summed E-state index contributed by atoms with van der Waals surface area (Å²) in [5.74, 6) is 0.0561. The van der Waals surface area contributed by atoms with Gasteiger partial charge in [-0.1, -0.05) is 12.1 Å². The van der Waals surface area contributed by atoms with E-state index in [4.69, 9.17) is 5.26 Å². The molecule has 0 spiro atoms. The zero-order chi connectivity index (χ0) is 15.8. The van der Waals surface area contributed by atoms with Crippen LogP contribution < -0.4 is 5.32 Å². The van der Waals surface area contributed by atoms with Crippen LogP contribution in [0.3, 0.4) is 0 Å². The fourth-order valence-electron chi connectivity index (χ4n) is 2.95. The van der Waals surface area contributed by atoms with Crippen LogP contribution in [0.4, 0.5) is 0 Å². The van der Waals surface area contributed by atoms with E-state index in [0.29, 0.717) is 5.56 Å². The Hall–Kier alpha value is -1.86. The monoisotopic (exact) mass is 297 g/mol. The third kappa shape index (κ3) is 2.86. The zero-order valence-corrected chi connectivity index (χ0v) is 13.4. The molecule has 0 unspecified atom stereocenters. The van der Waals surface area contributed by atoms with Gasteiger partial charge in [-0.3, -0.25) is 4.79 Å². The Kier molecular flexibility index (Phi) is 3.70. The van der Waals surface area contributed by atoms with E-state index in [1.807, 2.05) is 32.0 Å². The van der Waals surface area contributed by atoms with Gasteiger partial charge in [0.05, 0.1) is 22.6 Å². The van der Waals surface area contributed by atoms with Gasteiger partial charge in [-0.2, -0.15) is 5.26 Å². The van der Waals surface area contributed by atoms with Gasteiger partial charge in [0, 0.05) is 6.54 Å². The molecule has 4 nitrogen and oxygen atoms in total. The SMILES string of the molecule is CC(C)(C(=O)NC1(CN2CCC2)CC1)c1cccc(C#N)c1. The summed E-state index contributed by atoms with van der Waals surface area (Å²) in [7, 11) is 0. The smallest absolute Gasteiger partial charge is 0.230 e. The number of nitriles is 1. The normalized spacial score (nSPS) is 19.9. The standard InChI is InChI=1S/C18H23N3O/c1-17(2,15-6-3-5-14(11-15)12-19)16(22)20-18(7-8-18)13-21-9-4-10-21/h3,5-6,11H,4,7-10,13H2,1-2H3,(H,20,22). The highest BCUT2D eigenvalue weighted by Gasteiger charge is 2.48. The first-order valence-corrected chi connectivity index (χ1v) is 8.01. The largest absolute Gasteiger partial charge is 0.349 e. The maximum absolute atomic E-state index is 12.8. The van der Waals surface area contributed by atoms with Crippen molar-refractivity contribution >= 4 is 5.91 Å². The second-order valence-electron chi connectivity index (χ2n) is 7.18. The lowest BCUT2D eigenvalue weighted by atomic mass is 9.82. The fourth-order valence-corrected chi connectivity index (χ4v) is 2.95. The van der Waals surface area contributed by atoms with Gasteiger partial charge in [0.25, 0.3) is 0 Å². The van der Waals surface area contributed by atoms with Crippen LogP contribution in [0, 0.1) is 11.3 Å². The molecule has 1 N–H and O–H groups in total. The average Bonchev–Trinajstić information content (AvgIpc) is 3.23. The Morgan fingerprint density at radius 1 is 1.41 bits per heavy atom. The van der Waals surface area contributed by atoms with E-state index < -0.39 is 5.41 Å². The number of amides is 1. The number of hydrogen-bond donors (Lipinski definition) is 1. The molecule has 4 heteroatoms. The summed E-state index contributed by atoms with van der Waals surface area (Å²) in [5, 5.41) is 12.3. The molecular formula is C18H23N3O. The summed E-state index contributed by atoms with van der Waals surface area (Å²) < 4.78 is 0. The second-order valence-corrected chi connectivity index (χ2v) is 7.18. The number of carbonyl (C=O) groups excluding carboxylic acids is 1. The molecule has 0 aromatic heterocycles. The van der Waals surface area contributed by atoms with E-state index in [-0.39, 0.29) is 11.4 Å². The number of carbonyl (C=O) groups is 1. The van der Waals surface area contributed by atoms with Crippen molar-refractivity contribution in [3.63, 3.8) is 0 Å². The number of rotatable bonds is 5. The minimum Gasteiger partial charge on any atom is -0.349 e. The number of nitrogens with one attached hydrogen (secondary N) is 1. The molecule has 1 heterocycles. The van der Waals surface area contributed by atoms with Gasteiger partial charge in [-0.25, -0.2) is 0 Å². The minimum absolute atomic E-state index is 0.0123. The first-order chi connectivity index (χ1) is 10.5. The Labute approximate surface area is 132 Å². The lowest BCUT2D eigenvalue weighted by Crippen LogP contribution is -2.53. The first kappa shape index (κ1) is 15.1. The van der Waals surface area contributed by atoms with Crippen LogP contribution in [-0.4, -0.2) is 36.0 Å². The second kappa shape index (κ2) is 5.40. The molecule has 2 aliphatic rings. The highest BCUT2D eigenvalue weighted by Crippen LogP contribution is 2.38. The van der Waals surface area contributed by atoms with Crippen molar-refractivity contribution in [2.24, 2.45) is 0 Å². The summed E-state index contributed by atoms with van der Waals surface area (Å²) in [5.41, 5.74) is 0.850. The number of hydrogen-bond acceptors (Lipinski definition) is 3. The molecule has 1 aliphatic carbocycles. The molecule has 1 aliphatic heterocycles. The van der Waals surface area contributed by atoms with Crippen LogP contribution in [0.2, 0.25) is 0 Å². The van der Waals surface area contributed by atoms with Crippen LogP contribution in [0.5, 0.6) is 0 Å². The highest BCUT2D eigenvalue weighted by molar-refractivity contribution is 5.88. The Bertz CT molecular complexity index is 621. The third-order valence-corrected chi connectivity index (χ3v) is 4.99. The number of likely N-dealkylation sites (tertiary alicyclic amines) is 1. The third-order valence-electron chi connectivity index (χ3n) is 4.99. The van der Waals surface area contributed by atoms with Crippen molar-refractivity contribution in [2.75, 3.05) is 19.6 Å². The van der Waals surface area contributed by atoms with Gasteiger partial charge >= 0.3 is 0 Å². The van der Waals surface area contributed by atoms with E-state index in [2.05, 4.69) is 16.3 Å². The fraction of sp³-hybridized carbons (Fsp3) is 0.556. The predicted octanol–water partition coefficient (Wildman–Crippen LogP) is 2.19. The van der Waals surface area contributed by atoms with Crippen molar-refractivity contribution in [1.82, 2.24) is 10.2 Å². The van der Waals surface area contributed by atoms with Gasteiger partial charge in [0.1, 0.15) is 0 Å². The average molecular weight is 297 g/mol. The molecule has 1 saturated heterocycles. The molecule has 0 radical (unpaired) electrons. The van der Waals surface area contributed by atoms with Gasteiger partial charge in [-0.15, -0.1) is 0 Å². The van der Waals surface area contributed by atoms with E-state index in [1.165, 1.54) is 6.42 Å². The highest BCUT2D eigenvalue weighted by atomic mass is 16.2. The van der Waals surface area contributed by atoms with E-state index in [1.54, 1.807) is 6.07 Å². The lowest BCUT2D eigenvalue weighted by Gasteiger charge is -2.36. The Morgan fingerprint density at radius 2 is 2.14 bits per heavy atom. The summed E-state index contributed by atoms with van der Waals surface area (Å²) in [4.78, 5) is 15.2. The van der Waals surface area contributed by atoms with E-state index >= 15 is 0 Å². The molecule has 0 bridgehead atoms. The summed E-state index contributed by atoms with van der Waals surface area (Å²) >= 11 is 0. The molecule has 1 saturated carbocycles. The van der Waals surface area contributed by atoms with Gasteiger partial charge < -0.3 is 10.2 Å². The van der Waals surface area contributed by atoms with Crippen molar-refractivity contribution in [3.8, 4) is 6.07 Å². The molecule has 0 atom stereocenters.